The van der Waals surface area contributed by atoms with E-state index < -0.39 is 11.2 Å². The summed E-state index contributed by atoms with van der Waals surface area (Å²) in [5, 5.41) is 9.70. The number of thioether (sulfide) groups is 1. The third kappa shape index (κ3) is 6.64. The largest absolute Gasteiger partial charge is 0.478 e. The average Bonchev–Trinajstić information content (AvgIpc) is 3.03. The molecule has 0 saturated carbocycles. The molecule has 5 rings (SSSR count). The predicted molar refractivity (Wildman–Crippen MR) is 167 cm³/mol. The van der Waals surface area contributed by atoms with Crippen LogP contribution < -0.4 is 11.3 Å². The summed E-state index contributed by atoms with van der Waals surface area (Å²) in [6.45, 7) is 3.01. The van der Waals surface area contributed by atoms with E-state index in [0.717, 1.165) is 24.0 Å². The molecule has 0 bridgehead atoms. The SMILES string of the molecule is CCCCC(Sc1nc2ccccc2c(=O)n1-c1cccc(-c2ccc(C(=O)O)cc2)c1)C(=O)N1CCC(C(N)=O)CC1. The number of hydrogen-bond acceptors (Lipinski definition) is 6. The van der Waals surface area contributed by atoms with Crippen LogP contribution in [0.3, 0.4) is 0 Å². The highest BCUT2D eigenvalue weighted by molar-refractivity contribution is 8.00. The first kappa shape index (κ1) is 30.0. The minimum Gasteiger partial charge on any atom is -0.478 e. The Kier molecular flexibility index (Phi) is 9.25. The smallest absolute Gasteiger partial charge is 0.335 e. The van der Waals surface area contributed by atoms with Crippen LogP contribution in [0.1, 0.15) is 49.4 Å². The van der Waals surface area contributed by atoms with Crippen molar-refractivity contribution in [3.63, 3.8) is 0 Å². The molecule has 1 fully saturated rings. The number of aromatic carboxylic acids is 1. The maximum absolute atomic E-state index is 14.0. The lowest BCUT2D eigenvalue weighted by atomic mass is 9.96. The number of carbonyl (C=O) groups excluding carboxylic acids is 2. The van der Waals surface area contributed by atoms with Gasteiger partial charge in [0.2, 0.25) is 11.8 Å². The molecule has 2 heterocycles. The molecular formula is C33H34N4O5S. The quantitative estimate of drug-likeness (QED) is 0.191. The van der Waals surface area contributed by atoms with E-state index >= 15 is 0 Å². The third-order valence-electron chi connectivity index (χ3n) is 7.87. The van der Waals surface area contributed by atoms with Gasteiger partial charge in [0, 0.05) is 19.0 Å². The van der Waals surface area contributed by atoms with E-state index in [1.54, 1.807) is 51.9 Å². The molecule has 43 heavy (non-hydrogen) atoms. The van der Waals surface area contributed by atoms with Crippen LogP contribution in [0.25, 0.3) is 27.7 Å². The van der Waals surface area contributed by atoms with E-state index in [0.29, 0.717) is 54.1 Å². The van der Waals surface area contributed by atoms with Crippen LogP contribution in [-0.4, -0.2) is 55.7 Å². The monoisotopic (exact) mass is 598 g/mol. The van der Waals surface area contributed by atoms with Gasteiger partial charge in [-0.1, -0.05) is 67.9 Å². The second-order valence-electron chi connectivity index (χ2n) is 10.7. The fraction of sp³-hybridized carbons (Fsp3) is 0.303. The van der Waals surface area contributed by atoms with Crippen LogP contribution in [0.15, 0.2) is 82.7 Å². The number of piperidine rings is 1. The van der Waals surface area contributed by atoms with Crippen molar-refractivity contribution in [2.45, 2.75) is 49.4 Å². The molecule has 0 radical (unpaired) electrons. The summed E-state index contributed by atoms with van der Waals surface area (Å²) in [6.07, 6.45) is 3.46. The number of para-hydroxylation sites is 1. The van der Waals surface area contributed by atoms with Gasteiger partial charge in [-0.3, -0.25) is 19.0 Å². The van der Waals surface area contributed by atoms with Crippen LogP contribution in [0.4, 0.5) is 0 Å². The molecule has 2 amide bonds. The molecule has 3 aromatic carbocycles. The Hall–Kier alpha value is -4.44. The van der Waals surface area contributed by atoms with Crippen molar-refractivity contribution in [3.05, 3.63) is 88.7 Å². The van der Waals surface area contributed by atoms with Gasteiger partial charge >= 0.3 is 5.97 Å². The molecule has 0 aliphatic carbocycles. The Morgan fingerprint density at radius 1 is 1.00 bits per heavy atom. The topological polar surface area (TPSA) is 136 Å². The lowest BCUT2D eigenvalue weighted by molar-refractivity contribution is -0.134. The standard InChI is InChI=1S/C33H34N4O5S/c1-2-3-11-28(31(40)36-18-16-22(17-19-36)29(34)38)43-33-35-27-10-5-4-9-26(27)30(39)37(33)25-8-6-7-24(20-25)21-12-14-23(15-13-21)32(41)42/h4-10,12-15,20,22,28H,2-3,11,16-19H2,1H3,(H2,34,38)(H,41,42). The number of benzene rings is 3. The van der Waals surface area contributed by atoms with Crippen LogP contribution in [0.5, 0.6) is 0 Å². The second-order valence-corrected chi connectivity index (χ2v) is 11.9. The molecule has 222 valence electrons. The highest BCUT2D eigenvalue weighted by Crippen LogP contribution is 2.32. The molecule has 1 saturated heterocycles. The van der Waals surface area contributed by atoms with Gasteiger partial charge in [0.05, 0.1) is 27.4 Å². The Bertz CT molecular complexity index is 1710. The van der Waals surface area contributed by atoms with Crippen LogP contribution >= 0.6 is 11.8 Å². The summed E-state index contributed by atoms with van der Waals surface area (Å²) < 4.78 is 1.56. The van der Waals surface area contributed by atoms with Crippen LogP contribution in [0.2, 0.25) is 0 Å². The predicted octanol–water partition coefficient (Wildman–Crippen LogP) is 5.13. The Morgan fingerprint density at radius 3 is 2.40 bits per heavy atom. The number of carboxylic acid groups (broad SMARTS) is 1. The molecule has 9 nitrogen and oxygen atoms in total. The first-order valence-corrected chi connectivity index (χ1v) is 15.4. The zero-order valence-corrected chi connectivity index (χ0v) is 24.8. The minimum atomic E-state index is -1.000. The van der Waals surface area contributed by atoms with E-state index in [9.17, 15) is 24.3 Å². The number of nitrogens with zero attached hydrogens (tertiary/aromatic N) is 3. The zero-order valence-electron chi connectivity index (χ0n) is 23.9. The van der Waals surface area contributed by atoms with Gasteiger partial charge in [-0.25, -0.2) is 9.78 Å². The minimum absolute atomic E-state index is 0.0254. The van der Waals surface area contributed by atoms with Crippen molar-refractivity contribution in [1.29, 1.82) is 0 Å². The highest BCUT2D eigenvalue weighted by Gasteiger charge is 2.31. The van der Waals surface area contributed by atoms with Crippen molar-refractivity contribution >= 4 is 40.4 Å². The van der Waals surface area contributed by atoms with Crippen molar-refractivity contribution in [2.75, 3.05) is 13.1 Å². The molecule has 4 aromatic rings. The number of amides is 2. The highest BCUT2D eigenvalue weighted by atomic mass is 32.2. The summed E-state index contributed by atoms with van der Waals surface area (Å²) in [5.74, 6) is -1.57. The Morgan fingerprint density at radius 2 is 1.72 bits per heavy atom. The van der Waals surface area contributed by atoms with Gasteiger partial charge in [-0.05, 0) is 66.8 Å². The van der Waals surface area contributed by atoms with E-state index in [1.165, 1.54) is 11.8 Å². The molecule has 1 aliphatic rings. The van der Waals surface area contributed by atoms with Crippen molar-refractivity contribution in [2.24, 2.45) is 11.7 Å². The van der Waals surface area contributed by atoms with Crippen molar-refractivity contribution < 1.29 is 19.5 Å². The molecule has 1 atom stereocenters. The molecule has 1 aromatic heterocycles. The van der Waals surface area contributed by atoms with Gasteiger partial charge in [-0.15, -0.1) is 0 Å². The second kappa shape index (κ2) is 13.2. The van der Waals surface area contributed by atoms with Crippen molar-refractivity contribution in [3.8, 4) is 16.8 Å². The Balaban J connectivity index is 1.54. The number of nitrogens with two attached hydrogens (primary N) is 1. The number of unbranched alkanes of at least 4 members (excludes halogenated alkanes) is 1. The van der Waals surface area contributed by atoms with E-state index in [4.69, 9.17) is 10.7 Å². The zero-order chi connectivity index (χ0) is 30.5. The average molecular weight is 599 g/mol. The molecular weight excluding hydrogens is 564 g/mol. The molecule has 1 unspecified atom stereocenters. The number of rotatable bonds is 10. The normalized spacial score (nSPS) is 14.5. The fourth-order valence-electron chi connectivity index (χ4n) is 5.39. The Labute approximate surface area is 253 Å². The number of aromatic nitrogens is 2. The van der Waals surface area contributed by atoms with Crippen molar-refractivity contribution in [1.82, 2.24) is 14.5 Å². The van der Waals surface area contributed by atoms with Crippen LogP contribution in [0, 0.1) is 5.92 Å². The van der Waals surface area contributed by atoms with Gasteiger partial charge < -0.3 is 15.7 Å². The van der Waals surface area contributed by atoms with E-state index in [1.807, 2.05) is 30.3 Å². The van der Waals surface area contributed by atoms with Gasteiger partial charge in [0.25, 0.3) is 5.56 Å². The number of hydrogen-bond donors (Lipinski definition) is 2. The number of likely N-dealkylation sites (tertiary alicyclic amines) is 1. The maximum Gasteiger partial charge on any atom is 0.335 e. The molecule has 1 aliphatic heterocycles. The first-order chi connectivity index (χ1) is 20.8. The number of fused-ring (bicyclic) bond motifs is 1. The summed E-state index contributed by atoms with van der Waals surface area (Å²) in [5.41, 5.74) is 8.21. The van der Waals surface area contributed by atoms with Gasteiger partial charge in [0.1, 0.15) is 0 Å². The summed E-state index contributed by atoms with van der Waals surface area (Å²) in [7, 11) is 0. The van der Waals surface area contributed by atoms with Crippen LogP contribution in [-0.2, 0) is 9.59 Å². The fourth-order valence-corrected chi connectivity index (χ4v) is 6.62. The van der Waals surface area contributed by atoms with E-state index in [2.05, 4.69) is 6.92 Å². The number of carbonyl (C=O) groups is 3. The first-order valence-electron chi connectivity index (χ1n) is 14.5. The number of primary amides is 1. The van der Waals surface area contributed by atoms with Gasteiger partial charge in [0.15, 0.2) is 5.16 Å². The lowest BCUT2D eigenvalue weighted by Crippen LogP contribution is -2.45. The summed E-state index contributed by atoms with van der Waals surface area (Å²) in [6, 6.07) is 21.2. The van der Waals surface area contributed by atoms with Gasteiger partial charge in [-0.2, -0.15) is 0 Å². The summed E-state index contributed by atoms with van der Waals surface area (Å²) in [4.78, 5) is 57.5. The molecule has 3 N–H and O–H groups in total. The lowest BCUT2D eigenvalue weighted by Gasteiger charge is -2.33. The van der Waals surface area contributed by atoms with E-state index in [-0.39, 0.29) is 28.9 Å². The molecule has 10 heteroatoms. The number of carboxylic acids is 1. The maximum atomic E-state index is 14.0. The third-order valence-corrected chi connectivity index (χ3v) is 9.07. The summed E-state index contributed by atoms with van der Waals surface area (Å²) >= 11 is 1.30. The molecule has 0 spiro atoms.